The van der Waals surface area contributed by atoms with E-state index in [1.807, 2.05) is 43.3 Å². The first-order valence-corrected chi connectivity index (χ1v) is 8.41. The highest BCUT2D eigenvalue weighted by Gasteiger charge is 2.34. The molecule has 1 aliphatic rings. The Morgan fingerprint density at radius 3 is 2.60 bits per heavy atom. The van der Waals surface area contributed by atoms with E-state index in [1.54, 1.807) is 24.1 Å². The van der Waals surface area contributed by atoms with Crippen LogP contribution in [0.4, 0.5) is 10.5 Å². The van der Waals surface area contributed by atoms with Crippen molar-refractivity contribution >= 4 is 17.5 Å². The van der Waals surface area contributed by atoms with E-state index in [1.165, 1.54) is 0 Å². The van der Waals surface area contributed by atoms with Crippen LogP contribution < -0.4 is 10.1 Å². The summed E-state index contributed by atoms with van der Waals surface area (Å²) in [5.41, 5.74) is 2.25. The first-order valence-electron chi connectivity index (χ1n) is 8.41. The summed E-state index contributed by atoms with van der Waals surface area (Å²) in [5, 5.41) is 2.86. The van der Waals surface area contributed by atoms with Crippen molar-refractivity contribution in [3.63, 3.8) is 0 Å². The number of hydrogen-bond donors (Lipinski definition) is 1. The van der Waals surface area contributed by atoms with Crippen molar-refractivity contribution in [2.75, 3.05) is 19.0 Å². The zero-order chi connectivity index (χ0) is 17.8. The second-order valence-corrected chi connectivity index (χ2v) is 6.20. The fraction of sp³-hybridized carbons (Fsp3) is 0.300. The topological polar surface area (TPSA) is 58.6 Å². The van der Waals surface area contributed by atoms with Gasteiger partial charge in [-0.05, 0) is 55.7 Å². The van der Waals surface area contributed by atoms with Crippen molar-refractivity contribution in [1.29, 1.82) is 0 Å². The summed E-state index contributed by atoms with van der Waals surface area (Å²) in [6.07, 6.45) is 1.51. The van der Waals surface area contributed by atoms with Gasteiger partial charge in [0.2, 0.25) is 0 Å². The van der Waals surface area contributed by atoms with Crippen LogP contribution in [0.2, 0.25) is 0 Å². The second kappa shape index (κ2) is 7.38. The Kier molecular flexibility index (Phi) is 5.03. The molecule has 5 nitrogen and oxygen atoms in total. The second-order valence-electron chi connectivity index (χ2n) is 6.20. The van der Waals surface area contributed by atoms with Gasteiger partial charge in [0.25, 0.3) is 0 Å². The number of para-hydroxylation sites is 1. The van der Waals surface area contributed by atoms with Gasteiger partial charge in [0.1, 0.15) is 5.75 Å². The van der Waals surface area contributed by atoms with Gasteiger partial charge in [0.15, 0.2) is 5.78 Å². The molecule has 1 fully saturated rings. The first-order chi connectivity index (χ1) is 12.1. The molecule has 1 saturated heterocycles. The summed E-state index contributed by atoms with van der Waals surface area (Å²) < 4.78 is 5.25. The van der Waals surface area contributed by atoms with Gasteiger partial charge >= 0.3 is 6.03 Å². The lowest BCUT2D eigenvalue weighted by atomic mass is 10.00. The number of rotatable bonds is 4. The molecule has 1 N–H and O–H groups in total. The SMILES string of the molecule is COc1ccc(C(=O)C2CCCN2C(=O)Nc2ccccc2)cc1C. The number of carbonyl (C=O) groups excluding carboxylic acids is 2. The standard InChI is InChI=1S/C20H22N2O3/c1-14-13-15(10-11-18(14)25-2)19(23)17-9-6-12-22(17)20(24)21-16-7-4-3-5-8-16/h3-5,7-8,10-11,13,17H,6,9,12H2,1-2H3,(H,21,24). The molecule has 0 aliphatic carbocycles. The lowest BCUT2D eigenvalue weighted by molar-refractivity contribution is 0.0893. The molecule has 1 heterocycles. The third-order valence-corrected chi connectivity index (χ3v) is 4.52. The number of nitrogens with one attached hydrogen (secondary N) is 1. The molecule has 0 radical (unpaired) electrons. The number of urea groups is 1. The number of benzene rings is 2. The van der Waals surface area contributed by atoms with Crippen LogP contribution in [0.3, 0.4) is 0 Å². The monoisotopic (exact) mass is 338 g/mol. The van der Waals surface area contributed by atoms with Gasteiger partial charge in [-0.1, -0.05) is 18.2 Å². The van der Waals surface area contributed by atoms with Crippen LogP contribution >= 0.6 is 0 Å². The number of ether oxygens (including phenoxy) is 1. The lowest BCUT2D eigenvalue weighted by Gasteiger charge is -2.24. The van der Waals surface area contributed by atoms with Crippen LogP contribution in [-0.4, -0.2) is 36.4 Å². The maximum Gasteiger partial charge on any atom is 0.322 e. The summed E-state index contributed by atoms with van der Waals surface area (Å²) in [5.74, 6) is 0.730. The van der Waals surface area contributed by atoms with Crippen LogP contribution in [0.1, 0.15) is 28.8 Å². The Morgan fingerprint density at radius 1 is 1.16 bits per heavy atom. The molecule has 0 bridgehead atoms. The summed E-state index contributed by atoms with van der Waals surface area (Å²) >= 11 is 0. The molecule has 0 spiro atoms. The van der Waals surface area contributed by atoms with Crippen LogP contribution in [0.5, 0.6) is 5.75 Å². The number of aryl methyl sites for hydroxylation is 1. The number of ketones is 1. The van der Waals surface area contributed by atoms with Gasteiger partial charge in [0.05, 0.1) is 13.2 Å². The van der Waals surface area contributed by atoms with Crippen molar-refractivity contribution in [2.24, 2.45) is 0 Å². The van der Waals surface area contributed by atoms with E-state index in [4.69, 9.17) is 4.74 Å². The maximum atomic E-state index is 12.9. The molecule has 1 aliphatic heterocycles. The molecular formula is C20H22N2O3. The Labute approximate surface area is 147 Å². The minimum Gasteiger partial charge on any atom is -0.496 e. The Bertz CT molecular complexity index is 774. The molecule has 5 heteroatoms. The molecule has 0 aromatic heterocycles. The van der Waals surface area contributed by atoms with Crippen molar-refractivity contribution in [1.82, 2.24) is 4.90 Å². The van der Waals surface area contributed by atoms with Gasteiger partial charge in [0, 0.05) is 17.8 Å². The van der Waals surface area contributed by atoms with E-state index in [0.717, 1.165) is 23.4 Å². The number of nitrogens with zero attached hydrogens (tertiary/aromatic N) is 1. The minimum atomic E-state index is -0.420. The molecule has 3 rings (SSSR count). The number of methoxy groups -OCH3 is 1. The summed E-state index contributed by atoms with van der Waals surface area (Å²) in [7, 11) is 1.61. The van der Waals surface area contributed by atoms with Crippen molar-refractivity contribution < 1.29 is 14.3 Å². The van der Waals surface area contributed by atoms with Gasteiger partial charge in [-0.15, -0.1) is 0 Å². The number of hydrogen-bond acceptors (Lipinski definition) is 3. The molecule has 25 heavy (non-hydrogen) atoms. The van der Waals surface area contributed by atoms with E-state index in [9.17, 15) is 9.59 Å². The highest BCUT2D eigenvalue weighted by Crippen LogP contribution is 2.25. The number of likely N-dealkylation sites (tertiary alicyclic amines) is 1. The van der Waals surface area contributed by atoms with Gasteiger partial charge in [-0.2, -0.15) is 0 Å². The highest BCUT2D eigenvalue weighted by molar-refractivity contribution is 6.03. The minimum absolute atomic E-state index is 0.0218. The fourth-order valence-corrected chi connectivity index (χ4v) is 3.22. The Morgan fingerprint density at radius 2 is 1.92 bits per heavy atom. The van der Waals surface area contributed by atoms with Crippen molar-refractivity contribution in [3.05, 3.63) is 59.7 Å². The summed E-state index contributed by atoms with van der Waals surface area (Å²) in [4.78, 5) is 27.1. The van der Waals surface area contributed by atoms with Crippen LogP contribution in [-0.2, 0) is 0 Å². The number of amides is 2. The zero-order valence-corrected chi connectivity index (χ0v) is 14.5. The zero-order valence-electron chi connectivity index (χ0n) is 14.5. The quantitative estimate of drug-likeness (QED) is 0.861. The van der Waals surface area contributed by atoms with E-state index in [-0.39, 0.29) is 11.8 Å². The average Bonchev–Trinajstić information content (AvgIpc) is 3.11. The van der Waals surface area contributed by atoms with Gasteiger partial charge < -0.3 is 15.0 Å². The molecule has 130 valence electrons. The molecular weight excluding hydrogens is 316 g/mol. The summed E-state index contributed by atoms with van der Waals surface area (Å²) in [6, 6.07) is 14.0. The smallest absolute Gasteiger partial charge is 0.322 e. The van der Waals surface area contributed by atoms with E-state index in [2.05, 4.69) is 5.32 Å². The molecule has 1 atom stereocenters. The molecule has 2 amide bonds. The average molecular weight is 338 g/mol. The first kappa shape index (κ1) is 17.0. The molecule has 0 saturated carbocycles. The third kappa shape index (κ3) is 3.65. The van der Waals surface area contributed by atoms with E-state index < -0.39 is 6.04 Å². The van der Waals surface area contributed by atoms with Crippen LogP contribution in [0.25, 0.3) is 0 Å². The van der Waals surface area contributed by atoms with Crippen molar-refractivity contribution in [3.8, 4) is 5.75 Å². The van der Waals surface area contributed by atoms with Gasteiger partial charge in [-0.3, -0.25) is 4.79 Å². The number of anilines is 1. The molecule has 2 aromatic carbocycles. The fourth-order valence-electron chi connectivity index (χ4n) is 3.22. The predicted molar refractivity (Wildman–Crippen MR) is 97.3 cm³/mol. The highest BCUT2D eigenvalue weighted by atomic mass is 16.5. The normalized spacial score (nSPS) is 16.6. The number of carbonyl (C=O) groups is 2. The maximum absolute atomic E-state index is 12.9. The predicted octanol–water partition coefficient (Wildman–Crippen LogP) is 3.88. The van der Waals surface area contributed by atoms with E-state index >= 15 is 0 Å². The third-order valence-electron chi connectivity index (χ3n) is 4.52. The van der Waals surface area contributed by atoms with Crippen LogP contribution in [0.15, 0.2) is 48.5 Å². The van der Waals surface area contributed by atoms with Gasteiger partial charge in [-0.25, -0.2) is 4.79 Å². The Hall–Kier alpha value is -2.82. The lowest BCUT2D eigenvalue weighted by Crippen LogP contribution is -2.42. The van der Waals surface area contributed by atoms with E-state index in [0.29, 0.717) is 18.5 Å². The van der Waals surface area contributed by atoms with Crippen molar-refractivity contribution in [2.45, 2.75) is 25.8 Å². The Balaban J connectivity index is 1.75. The molecule has 2 aromatic rings. The largest absolute Gasteiger partial charge is 0.496 e. The molecule has 1 unspecified atom stereocenters. The summed E-state index contributed by atoms with van der Waals surface area (Å²) in [6.45, 7) is 2.49. The number of Topliss-reactive ketones (excluding diaryl/α,β-unsaturated/α-hetero) is 1. The van der Waals surface area contributed by atoms with Crippen LogP contribution in [0, 0.1) is 6.92 Å².